The Morgan fingerprint density at radius 2 is 1.80 bits per heavy atom. The molecule has 0 amide bonds. The van der Waals surface area contributed by atoms with Crippen molar-refractivity contribution in [2.24, 2.45) is 0 Å². The molecule has 0 fully saturated rings. The highest BCUT2D eigenvalue weighted by Gasteiger charge is 2.19. The smallest absolute Gasteiger partial charge is 0.188 e. The second-order valence-corrected chi connectivity index (χ2v) is 8.69. The van der Waals surface area contributed by atoms with Crippen molar-refractivity contribution >= 4 is 19.2 Å². The lowest BCUT2D eigenvalue weighted by Crippen LogP contribution is -2.19. The van der Waals surface area contributed by atoms with Gasteiger partial charge < -0.3 is 14.6 Å². The molecule has 0 saturated carbocycles. The fourth-order valence-corrected chi connectivity index (χ4v) is 4.25. The lowest BCUT2D eigenvalue weighted by atomic mass is 9.86. The standard InChI is InChI=1S/C21H29O3P/c1-14-11-16(21(3,4)5)12-19(20(14)24-13-23-6)25-18-10-8-7-9-17(18)15(2)22/h7-12,15,22,25H,13H2,1-6H3. The zero-order valence-electron chi connectivity index (χ0n) is 16.0. The fourth-order valence-electron chi connectivity index (χ4n) is 2.73. The monoisotopic (exact) mass is 360 g/mol. The van der Waals surface area contributed by atoms with E-state index in [9.17, 15) is 5.11 Å². The Hall–Kier alpha value is -1.41. The third kappa shape index (κ3) is 5.04. The number of aryl methyl sites for hydroxylation is 1. The minimum Gasteiger partial charge on any atom is -0.467 e. The summed E-state index contributed by atoms with van der Waals surface area (Å²) < 4.78 is 11.0. The van der Waals surface area contributed by atoms with Crippen molar-refractivity contribution in [3.63, 3.8) is 0 Å². The van der Waals surface area contributed by atoms with E-state index in [1.54, 1.807) is 7.11 Å². The van der Waals surface area contributed by atoms with Gasteiger partial charge >= 0.3 is 0 Å². The molecule has 0 heterocycles. The Balaban J connectivity index is 2.52. The van der Waals surface area contributed by atoms with E-state index in [4.69, 9.17) is 9.47 Å². The van der Waals surface area contributed by atoms with Gasteiger partial charge in [0.25, 0.3) is 0 Å². The first-order chi connectivity index (χ1) is 11.7. The summed E-state index contributed by atoms with van der Waals surface area (Å²) >= 11 is 0. The van der Waals surface area contributed by atoms with Crippen molar-refractivity contribution < 1.29 is 14.6 Å². The predicted octanol–water partition coefficient (Wildman–Crippen LogP) is 3.96. The van der Waals surface area contributed by atoms with E-state index >= 15 is 0 Å². The summed E-state index contributed by atoms with van der Waals surface area (Å²) in [6, 6.07) is 12.5. The molecule has 2 aromatic carbocycles. The summed E-state index contributed by atoms with van der Waals surface area (Å²) in [7, 11) is 2.04. The van der Waals surface area contributed by atoms with Crippen LogP contribution in [0.4, 0.5) is 0 Å². The molecule has 1 N–H and O–H groups in total. The number of ether oxygens (including phenoxy) is 2. The lowest BCUT2D eigenvalue weighted by Gasteiger charge is -2.24. The van der Waals surface area contributed by atoms with E-state index in [1.165, 1.54) is 5.56 Å². The molecule has 0 aromatic heterocycles. The number of aliphatic hydroxyl groups is 1. The van der Waals surface area contributed by atoms with Gasteiger partial charge in [-0.1, -0.05) is 59.7 Å². The molecule has 0 aliphatic rings. The third-order valence-corrected chi connectivity index (χ3v) is 5.51. The molecule has 0 aliphatic heterocycles. The van der Waals surface area contributed by atoms with Crippen molar-refractivity contribution in [2.75, 3.05) is 13.9 Å². The van der Waals surface area contributed by atoms with E-state index in [0.29, 0.717) is 8.58 Å². The molecule has 0 saturated heterocycles. The van der Waals surface area contributed by atoms with Crippen molar-refractivity contribution in [1.82, 2.24) is 0 Å². The molecule has 0 spiro atoms. The fraction of sp³-hybridized carbons (Fsp3) is 0.429. The Kier molecular flexibility index (Phi) is 6.62. The van der Waals surface area contributed by atoms with E-state index in [0.717, 1.165) is 27.5 Å². The number of benzene rings is 2. The predicted molar refractivity (Wildman–Crippen MR) is 107 cm³/mol. The molecular formula is C21H29O3P. The first-order valence-electron chi connectivity index (χ1n) is 8.55. The summed E-state index contributed by atoms with van der Waals surface area (Å²) in [4.78, 5) is 0. The summed E-state index contributed by atoms with van der Waals surface area (Å²) in [5.41, 5.74) is 3.43. The normalized spacial score (nSPS) is 13.4. The largest absolute Gasteiger partial charge is 0.467 e. The van der Waals surface area contributed by atoms with E-state index < -0.39 is 6.10 Å². The lowest BCUT2D eigenvalue weighted by molar-refractivity contribution is 0.0514. The molecular weight excluding hydrogens is 331 g/mol. The highest BCUT2D eigenvalue weighted by molar-refractivity contribution is 7.55. The Morgan fingerprint density at radius 1 is 1.12 bits per heavy atom. The average Bonchev–Trinajstić information content (AvgIpc) is 2.53. The minimum atomic E-state index is -0.487. The van der Waals surface area contributed by atoms with Gasteiger partial charge in [-0.2, -0.15) is 0 Å². The molecule has 2 aromatic rings. The van der Waals surface area contributed by atoms with Crippen molar-refractivity contribution in [3.8, 4) is 5.75 Å². The van der Waals surface area contributed by atoms with Gasteiger partial charge in [-0.3, -0.25) is 0 Å². The number of methoxy groups -OCH3 is 1. The summed E-state index contributed by atoms with van der Waals surface area (Å²) in [5.74, 6) is 0.883. The van der Waals surface area contributed by atoms with Gasteiger partial charge in [0.15, 0.2) is 6.79 Å². The Bertz CT molecular complexity index is 718. The Labute approximate surface area is 153 Å². The van der Waals surface area contributed by atoms with Crippen molar-refractivity contribution in [2.45, 2.75) is 46.1 Å². The molecule has 0 aliphatic carbocycles. The molecule has 3 nitrogen and oxygen atoms in total. The third-order valence-electron chi connectivity index (χ3n) is 4.14. The van der Waals surface area contributed by atoms with E-state index in [2.05, 4.69) is 45.9 Å². The highest BCUT2D eigenvalue weighted by Crippen LogP contribution is 2.31. The second kappa shape index (κ2) is 8.31. The van der Waals surface area contributed by atoms with Gasteiger partial charge in [0, 0.05) is 12.4 Å². The van der Waals surface area contributed by atoms with Crippen LogP contribution in [0.5, 0.6) is 5.75 Å². The van der Waals surface area contributed by atoms with Gasteiger partial charge in [-0.25, -0.2) is 0 Å². The van der Waals surface area contributed by atoms with E-state index in [1.807, 2.05) is 25.1 Å². The van der Waals surface area contributed by atoms with Gasteiger partial charge in [0.1, 0.15) is 5.75 Å². The number of hydrogen-bond acceptors (Lipinski definition) is 3. The first kappa shape index (κ1) is 19.9. The van der Waals surface area contributed by atoms with Crippen LogP contribution in [0.1, 0.15) is 50.5 Å². The van der Waals surface area contributed by atoms with Crippen LogP contribution in [-0.4, -0.2) is 19.0 Å². The zero-order chi connectivity index (χ0) is 18.6. The van der Waals surface area contributed by atoms with Gasteiger partial charge in [-0.15, -0.1) is 0 Å². The van der Waals surface area contributed by atoms with E-state index in [-0.39, 0.29) is 12.2 Å². The van der Waals surface area contributed by atoms with Crippen LogP contribution >= 0.6 is 8.58 Å². The maximum atomic E-state index is 10.1. The molecule has 2 unspecified atom stereocenters. The van der Waals surface area contributed by atoms with Crippen LogP contribution in [0.2, 0.25) is 0 Å². The Morgan fingerprint density at radius 3 is 2.40 bits per heavy atom. The maximum Gasteiger partial charge on any atom is 0.188 e. The molecule has 25 heavy (non-hydrogen) atoms. The summed E-state index contributed by atoms with van der Waals surface area (Å²) in [6.45, 7) is 10.8. The molecule has 0 radical (unpaired) electrons. The molecule has 0 bridgehead atoms. The molecule has 2 atom stereocenters. The number of hydrogen-bond donors (Lipinski definition) is 1. The first-order valence-corrected chi connectivity index (χ1v) is 9.55. The van der Waals surface area contributed by atoms with Crippen LogP contribution in [0, 0.1) is 6.92 Å². The van der Waals surface area contributed by atoms with Crippen LogP contribution in [0.3, 0.4) is 0 Å². The van der Waals surface area contributed by atoms with Gasteiger partial charge in [0.05, 0.1) is 6.10 Å². The summed E-state index contributed by atoms with van der Waals surface area (Å²) in [5, 5.41) is 12.4. The van der Waals surface area contributed by atoms with Crippen LogP contribution in [0.25, 0.3) is 0 Å². The van der Waals surface area contributed by atoms with Crippen LogP contribution in [-0.2, 0) is 10.2 Å². The minimum absolute atomic E-state index is 0.0631. The van der Waals surface area contributed by atoms with Gasteiger partial charge in [-0.05, 0) is 47.3 Å². The topological polar surface area (TPSA) is 38.7 Å². The van der Waals surface area contributed by atoms with Gasteiger partial charge in [0.2, 0.25) is 0 Å². The molecule has 4 heteroatoms. The number of aliphatic hydroxyl groups excluding tert-OH is 1. The van der Waals surface area contributed by atoms with Crippen LogP contribution in [0.15, 0.2) is 36.4 Å². The second-order valence-electron chi connectivity index (χ2n) is 7.36. The summed E-state index contributed by atoms with van der Waals surface area (Å²) in [6.07, 6.45) is -0.487. The number of rotatable bonds is 6. The highest BCUT2D eigenvalue weighted by atomic mass is 31.1. The average molecular weight is 360 g/mol. The quantitative estimate of drug-likeness (QED) is 0.626. The van der Waals surface area contributed by atoms with Crippen molar-refractivity contribution in [3.05, 3.63) is 53.1 Å². The maximum absolute atomic E-state index is 10.1. The van der Waals surface area contributed by atoms with Crippen LogP contribution < -0.4 is 15.3 Å². The molecule has 136 valence electrons. The van der Waals surface area contributed by atoms with Crippen molar-refractivity contribution in [1.29, 1.82) is 0 Å². The SMILES string of the molecule is COCOc1c(C)cc(C(C)(C)C)cc1Pc1ccccc1C(C)O. The molecule has 2 rings (SSSR count). The zero-order valence-corrected chi connectivity index (χ0v) is 17.0.